The first-order chi connectivity index (χ1) is 18.4. The van der Waals surface area contributed by atoms with Crippen molar-refractivity contribution in [3.05, 3.63) is 76.3 Å². The maximum absolute atomic E-state index is 14.8. The standard InChI is InChI=1S/C30H32F2N4OS/c1-3-22-27-23(31)11-12-24(32)29(27)38-28(22)30(34)36(21-7-5-4-6-8-21)17-20-15-18(9-13-25(20)37-2)19-10-14-26(33)35-16-19/h9-16,21,34H,3-8,17H2,1-2H3,(H2,33,35). The molecule has 0 amide bonds. The van der Waals surface area contributed by atoms with Crippen LogP contribution in [0, 0.1) is 17.0 Å². The van der Waals surface area contributed by atoms with E-state index in [4.69, 9.17) is 10.5 Å². The Balaban J connectivity index is 1.58. The number of thiophene rings is 1. The molecule has 3 N–H and O–H groups in total. The lowest BCUT2D eigenvalue weighted by atomic mass is 9.93. The number of hydrogen-bond acceptors (Lipinski definition) is 5. The molecule has 0 atom stereocenters. The summed E-state index contributed by atoms with van der Waals surface area (Å²) in [5.41, 5.74) is 9.33. The molecule has 2 aromatic carbocycles. The molecule has 5 rings (SSSR count). The molecule has 0 saturated heterocycles. The Bertz CT molecular complexity index is 1460. The van der Waals surface area contributed by atoms with E-state index < -0.39 is 11.6 Å². The third-order valence-corrected chi connectivity index (χ3v) is 8.70. The Morgan fingerprint density at radius 1 is 1.08 bits per heavy atom. The van der Waals surface area contributed by atoms with Crippen molar-refractivity contribution in [3.8, 4) is 16.9 Å². The summed E-state index contributed by atoms with van der Waals surface area (Å²) in [4.78, 5) is 6.97. The van der Waals surface area contributed by atoms with Crippen LogP contribution in [-0.4, -0.2) is 28.9 Å². The lowest BCUT2D eigenvalue weighted by Gasteiger charge is -2.36. The molecule has 1 saturated carbocycles. The van der Waals surface area contributed by atoms with Crippen molar-refractivity contribution in [1.29, 1.82) is 5.41 Å². The van der Waals surface area contributed by atoms with Gasteiger partial charge in [-0.15, -0.1) is 11.3 Å². The van der Waals surface area contributed by atoms with Gasteiger partial charge in [-0.2, -0.15) is 0 Å². The molecule has 4 aromatic rings. The number of halogens is 2. The number of aromatic nitrogens is 1. The molecule has 8 heteroatoms. The molecular formula is C30H32F2N4OS. The summed E-state index contributed by atoms with van der Waals surface area (Å²) in [6.45, 7) is 2.38. The molecule has 1 fully saturated rings. The quantitative estimate of drug-likeness (QED) is 0.190. The molecule has 2 aromatic heterocycles. The third-order valence-electron chi connectivity index (χ3n) is 7.45. The van der Waals surface area contributed by atoms with Crippen LogP contribution in [0.15, 0.2) is 48.7 Å². The first kappa shape index (κ1) is 26.1. The van der Waals surface area contributed by atoms with E-state index >= 15 is 0 Å². The van der Waals surface area contributed by atoms with E-state index in [-0.39, 0.29) is 10.7 Å². The third kappa shape index (κ3) is 4.97. The summed E-state index contributed by atoms with van der Waals surface area (Å²) in [5, 5.41) is 9.69. The number of rotatable bonds is 7. The SMILES string of the molecule is CCc1c(C(=N)N(Cc2cc(-c3ccc(N)nc3)ccc2OC)C2CCCCC2)sc2c(F)ccc(F)c12. The lowest BCUT2D eigenvalue weighted by molar-refractivity contribution is 0.234. The van der Waals surface area contributed by atoms with Crippen LogP contribution in [-0.2, 0) is 13.0 Å². The number of nitrogen functional groups attached to an aromatic ring is 1. The highest BCUT2D eigenvalue weighted by atomic mass is 32.1. The minimum atomic E-state index is -0.448. The average molecular weight is 535 g/mol. The summed E-state index contributed by atoms with van der Waals surface area (Å²) in [7, 11) is 1.65. The number of amidine groups is 1. The fourth-order valence-electron chi connectivity index (χ4n) is 5.48. The fourth-order valence-corrected chi connectivity index (χ4v) is 6.75. The molecule has 0 unspecified atom stereocenters. The second kappa shape index (κ2) is 11.1. The van der Waals surface area contributed by atoms with E-state index in [1.165, 1.54) is 29.9 Å². The van der Waals surface area contributed by atoms with Gasteiger partial charge in [0.25, 0.3) is 0 Å². The lowest BCUT2D eigenvalue weighted by Crippen LogP contribution is -2.41. The van der Waals surface area contributed by atoms with Crippen molar-refractivity contribution >= 4 is 33.1 Å². The Morgan fingerprint density at radius 2 is 1.82 bits per heavy atom. The highest BCUT2D eigenvalue weighted by molar-refractivity contribution is 7.21. The summed E-state index contributed by atoms with van der Waals surface area (Å²) in [6.07, 6.45) is 7.58. The van der Waals surface area contributed by atoms with Crippen LogP contribution in [0.1, 0.15) is 55.0 Å². The highest BCUT2D eigenvalue weighted by Crippen LogP contribution is 2.38. The van der Waals surface area contributed by atoms with E-state index in [1.807, 2.05) is 25.1 Å². The van der Waals surface area contributed by atoms with Crippen LogP contribution in [0.25, 0.3) is 21.2 Å². The van der Waals surface area contributed by atoms with Crippen LogP contribution in [0.2, 0.25) is 0 Å². The summed E-state index contributed by atoms with van der Waals surface area (Å²) in [5.74, 6) is 0.618. The smallest absolute Gasteiger partial charge is 0.141 e. The Morgan fingerprint density at radius 3 is 2.50 bits per heavy atom. The van der Waals surface area contributed by atoms with Gasteiger partial charge in [-0.25, -0.2) is 13.8 Å². The van der Waals surface area contributed by atoms with Gasteiger partial charge in [-0.3, -0.25) is 5.41 Å². The first-order valence-electron chi connectivity index (χ1n) is 13.0. The molecule has 2 heterocycles. The molecule has 198 valence electrons. The van der Waals surface area contributed by atoms with Crippen LogP contribution in [0.4, 0.5) is 14.6 Å². The van der Waals surface area contributed by atoms with Gasteiger partial charge in [0.2, 0.25) is 0 Å². The van der Waals surface area contributed by atoms with E-state index in [0.717, 1.165) is 48.1 Å². The normalized spacial score (nSPS) is 14.1. The number of anilines is 1. The maximum Gasteiger partial charge on any atom is 0.141 e. The molecule has 0 spiro atoms. The summed E-state index contributed by atoms with van der Waals surface area (Å²) < 4.78 is 35.6. The van der Waals surface area contributed by atoms with Crippen molar-refractivity contribution in [2.75, 3.05) is 12.8 Å². The second-order valence-electron chi connectivity index (χ2n) is 9.76. The number of ether oxygens (including phenoxy) is 1. The Kier molecular flexibility index (Phi) is 7.61. The molecule has 0 aliphatic heterocycles. The van der Waals surface area contributed by atoms with E-state index in [1.54, 1.807) is 19.4 Å². The zero-order chi connectivity index (χ0) is 26.8. The van der Waals surface area contributed by atoms with Crippen molar-refractivity contribution in [2.24, 2.45) is 0 Å². The maximum atomic E-state index is 14.8. The van der Waals surface area contributed by atoms with Crippen molar-refractivity contribution in [2.45, 2.75) is 58.0 Å². The number of nitrogens with one attached hydrogen (secondary N) is 1. The largest absolute Gasteiger partial charge is 0.496 e. The van der Waals surface area contributed by atoms with Gasteiger partial charge >= 0.3 is 0 Å². The van der Waals surface area contributed by atoms with Crippen LogP contribution in [0.5, 0.6) is 5.75 Å². The number of nitrogens with zero attached hydrogens (tertiary/aromatic N) is 2. The van der Waals surface area contributed by atoms with E-state index in [2.05, 4.69) is 16.0 Å². The molecule has 0 bridgehead atoms. The predicted octanol–water partition coefficient (Wildman–Crippen LogP) is 7.55. The average Bonchev–Trinajstić information content (AvgIpc) is 3.35. The van der Waals surface area contributed by atoms with Gasteiger partial charge in [0, 0.05) is 35.3 Å². The summed E-state index contributed by atoms with van der Waals surface area (Å²) >= 11 is 1.18. The Hall–Kier alpha value is -3.52. The van der Waals surface area contributed by atoms with Gasteiger partial charge in [0.05, 0.1) is 16.7 Å². The van der Waals surface area contributed by atoms with Crippen molar-refractivity contribution in [3.63, 3.8) is 0 Å². The van der Waals surface area contributed by atoms with Crippen LogP contribution >= 0.6 is 11.3 Å². The van der Waals surface area contributed by atoms with Gasteiger partial charge in [-0.05, 0) is 66.8 Å². The molecule has 1 aliphatic rings. The number of methoxy groups -OCH3 is 1. The summed E-state index contributed by atoms with van der Waals surface area (Å²) in [6, 6.07) is 12.2. The number of nitrogens with two attached hydrogens (primary N) is 1. The number of benzene rings is 2. The molecular weight excluding hydrogens is 502 g/mol. The van der Waals surface area contributed by atoms with Gasteiger partial charge in [0.1, 0.15) is 29.0 Å². The molecule has 5 nitrogen and oxygen atoms in total. The van der Waals surface area contributed by atoms with Crippen molar-refractivity contribution < 1.29 is 13.5 Å². The monoisotopic (exact) mass is 534 g/mol. The highest BCUT2D eigenvalue weighted by Gasteiger charge is 2.29. The van der Waals surface area contributed by atoms with Crippen LogP contribution in [0.3, 0.4) is 0 Å². The zero-order valence-electron chi connectivity index (χ0n) is 21.7. The van der Waals surface area contributed by atoms with Gasteiger partial charge in [-0.1, -0.05) is 32.3 Å². The first-order valence-corrected chi connectivity index (χ1v) is 13.9. The van der Waals surface area contributed by atoms with Crippen LogP contribution < -0.4 is 10.5 Å². The number of pyridine rings is 1. The van der Waals surface area contributed by atoms with E-state index in [9.17, 15) is 14.2 Å². The predicted molar refractivity (Wildman–Crippen MR) is 151 cm³/mol. The molecule has 38 heavy (non-hydrogen) atoms. The minimum Gasteiger partial charge on any atom is -0.496 e. The number of hydrogen-bond donors (Lipinski definition) is 2. The second-order valence-corrected chi connectivity index (χ2v) is 10.8. The topological polar surface area (TPSA) is 75.2 Å². The zero-order valence-corrected chi connectivity index (χ0v) is 22.5. The van der Waals surface area contributed by atoms with Crippen molar-refractivity contribution in [1.82, 2.24) is 9.88 Å². The number of aryl methyl sites for hydroxylation is 1. The molecule has 1 aliphatic carbocycles. The van der Waals surface area contributed by atoms with Gasteiger partial charge < -0.3 is 15.4 Å². The minimum absolute atomic E-state index is 0.160. The molecule has 0 radical (unpaired) electrons. The Labute approximate surface area is 225 Å². The van der Waals surface area contributed by atoms with Gasteiger partial charge in [0.15, 0.2) is 0 Å². The fraction of sp³-hybridized carbons (Fsp3) is 0.333. The number of fused-ring (bicyclic) bond motifs is 1. The van der Waals surface area contributed by atoms with E-state index in [0.29, 0.717) is 40.4 Å².